The van der Waals surface area contributed by atoms with Gasteiger partial charge in [-0.15, -0.1) is 0 Å². The van der Waals surface area contributed by atoms with E-state index in [9.17, 15) is 9.18 Å². The largest absolute Gasteiger partial charge is 0.485 e. The van der Waals surface area contributed by atoms with Crippen molar-refractivity contribution in [3.63, 3.8) is 0 Å². The van der Waals surface area contributed by atoms with Crippen LogP contribution in [0.25, 0.3) is 0 Å². The van der Waals surface area contributed by atoms with Crippen molar-refractivity contribution < 1.29 is 18.3 Å². The first-order valence-electron chi connectivity index (χ1n) is 4.70. The van der Waals surface area contributed by atoms with Gasteiger partial charge in [0.25, 0.3) is 0 Å². The number of carbonyl (C=O) groups is 1. The lowest BCUT2D eigenvalue weighted by Crippen LogP contribution is -1.99. The van der Waals surface area contributed by atoms with Gasteiger partial charge in [-0.25, -0.2) is 4.39 Å². The third-order valence-corrected chi connectivity index (χ3v) is 2.08. The summed E-state index contributed by atoms with van der Waals surface area (Å²) in [6, 6.07) is 7.70. The van der Waals surface area contributed by atoms with Gasteiger partial charge < -0.3 is 9.15 Å². The molecule has 0 aliphatic carbocycles. The van der Waals surface area contributed by atoms with Gasteiger partial charge in [-0.2, -0.15) is 0 Å². The van der Waals surface area contributed by atoms with E-state index in [4.69, 9.17) is 9.15 Å². The lowest BCUT2D eigenvalue weighted by Gasteiger charge is -2.06. The molecule has 0 saturated heterocycles. The Kier molecular flexibility index (Phi) is 3.00. The molecule has 0 unspecified atom stereocenters. The van der Waals surface area contributed by atoms with Crippen LogP contribution in [0.1, 0.15) is 16.1 Å². The van der Waals surface area contributed by atoms with E-state index in [1.807, 2.05) is 0 Å². The third kappa shape index (κ3) is 2.11. The Morgan fingerprint density at radius 1 is 1.31 bits per heavy atom. The van der Waals surface area contributed by atoms with Crippen LogP contribution in [0.2, 0.25) is 0 Å². The minimum Gasteiger partial charge on any atom is -0.485 e. The van der Waals surface area contributed by atoms with E-state index in [2.05, 4.69) is 0 Å². The molecule has 1 heterocycles. The molecule has 0 aliphatic heterocycles. The summed E-state index contributed by atoms with van der Waals surface area (Å²) < 4.78 is 23.5. The minimum atomic E-state index is -0.591. The third-order valence-electron chi connectivity index (χ3n) is 2.08. The van der Waals surface area contributed by atoms with Crippen molar-refractivity contribution in [2.45, 2.75) is 6.61 Å². The second-order valence-electron chi connectivity index (χ2n) is 3.14. The van der Waals surface area contributed by atoms with Crippen LogP contribution in [-0.2, 0) is 6.61 Å². The standard InChI is InChI=1S/C12H9FO3/c13-11-4-1-5-12(10(11)7-14)16-8-9-3-2-6-15-9/h1-7H,8H2. The summed E-state index contributed by atoms with van der Waals surface area (Å²) in [5.41, 5.74) is -0.0749. The maximum Gasteiger partial charge on any atom is 0.156 e. The molecule has 0 N–H and O–H groups in total. The van der Waals surface area contributed by atoms with E-state index >= 15 is 0 Å². The molecule has 16 heavy (non-hydrogen) atoms. The van der Waals surface area contributed by atoms with Gasteiger partial charge in [-0.1, -0.05) is 6.07 Å². The van der Waals surface area contributed by atoms with Crippen LogP contribution in [0, 0.1) is 5.82 Å². The van der Waals surface area contributed by atoms with Gasteiger partial charge in [-0.05, 0) is 24.3 Å². The Hall–Kier alpha value is -2.10. The van der Waals surface area contributed by atoms with Crippen molar-refractivity contribution >= 4 is 6.29 Å². The van der Waals surface area contributed by atoms with Crippen LogP contribution in [0.4, 0.5) is 4.39 Å². The minimum absolute atomic E-state index is 0.0749. The van der Waals surface area contributed by atoms with Crippen LogP contribution in [0.5, 0.6) is 5.75 Å². The van der Waals surface area contributed by atoms with Gasteiger partial charge in [0, 0.05) is 0 Å². The molecular formula is C12H9FO3. The first-order valence-corrected chi connectivity index (χ1v) is 4.70. The smallest absolute Gasteiger partial charge is 0.156 e. The predicted molar refractivity (Wildman–Crippen MR) is 54.8 cm³/mol. The molecule has 0 fully saturated rings. The molecule has 4 heteroatoms. The van der Waals surface area contributed by atoms with Crippen molar-refractivity contribution in [2.75, 3.05) is 0 Å². The molecule has 1 aromatic carbocycles. The number of rotatable bonds is 4. The number of benzene rings is 1. The quantitative estimate of drug-likeness (QED) is 0.744. The second kappa shape index (κ2) is 4.61. The summed E-state index contributed by atoms with van der Waals surface area (Å²) in [4.78, 5) is 10.7. The number of hydrogen-bond donors (Lipinski definition) is 0. The Balaban J connectivity index is 2.15. The molecule has 2 aromatic rings. The van der Waals surface area contributed by atoms with E-state index in [0.717, 1.165) is 0 Å². The van der Waals surface area contributed by atoms with Gasteiger partial charge in [0.05, 0.1) is 11.8 Å². The van der Waals surface area contributed by atoms with Gasteiger partial charge in [0.15, 0.2) is 6.29 Å². The first-order chi connectivity index (χ1) is 7.81. The summed E-state index contributed by atoms with van der Waals surface area (Å²) in [7, 11) is 0. The average Bonchev–Trinajstić information content (AvgIpc) is 2.79. The maximum atomic E-state index is 13.2. The van der Waals surface area contributed by atoms with E-state index < -0.39 is 5.82 Å². The summed E-state index contributed by atoms with van der Waals surface area (Å²) in [6.45, 7) is 0.164. The van der Waals surface area contributed by atoms with Crippen molar-refractivity contribution in [3.05, 3.63) is 53.7 Å². The monoisotopic (exact) mass is 220 g/mol. The van der Waals surface area contributed by atoms with E-state index in [1.54, 1.807) is 12.1 Å². The average molecular weight is 220 g/mol. The van der Waals surface area contributed by atoms with Crippen LogP contribution in [-0.4, -0.2) is 6.29 Å². The first kappa shape index (κ1) is 10.4. The number of halogens is 1. The number of carbonyl (C=O) groups excluding carboxylic acids is 1. The van der Waals surface area contributed by atoms with Crippen molar-refractivity contribution in [3.8, 4) is 5.75 Å². The Labute approximate surface area is 91.5 Å². The number of furan rings is 1. The highest BCUT2D eigenvalue weighted by Crippen LogP contribution is 2.20. The molecule has 2 rings (SSSR count). The molecule has 0 amide bonds. The zero-order valence-electron chi connectivity index (χ0n) is 8.35. The fourth-order valence-electron chi connectivity index (χ4n) is 1.30. The number of ether oxygens (including phenoxy) is 1. The molecule has 0 saturated carbocycles. The van der Waals surface area contributed by atoms with Crippen LogP contribution in [0.3, 0.4) is 0 Å². The molecular weight excluding hydrogens is 211 g/mol. The summed E-state index contributed by atoms with van der Waals surface area (Å²) >= 11 is 0. The molecule has 0 atom stereocenters. The highest BCUT2D eigenvalue weighted by Gasteiger charge is 2.08. The summed E-state index contributed by atoms with van der Waals surface area (Å²) in [5, 5.41) is 0. The molecule has 0 spiro atoms. The molecule has 0 aliphatic rings. The number of aldehydes is 1. The fraction of sp³-hybridized carbons (Fsp3) is 0.0833. The Bertz CT molecular complexity index is 477. The Morgan fingerprint density at radius 3 is 2.88 bits per heavy atom. The van der Waals surface area contributed by atoms with Gasteiger partial charge in [-0.3, -0.25) is 4.79 Å². The normalized spacial score (nSPS) is 10.1. The van der Waals surface area contributed by atoms with E-state index in [0.29, 0.717) is 12.0 Å². The topological polar surface area (TPSA) is 39.4 Å². The van der Waals surface area contributed by atoms with Crippen LogP contribution in [0.15, 0.2) is 41.0 Å². The zero-order valence-corrected chi connectivity index (χ0v) is 8.35. The summed E-state index contributed by atoms with van der Waals surface area (Å²) in [5.74, 6) is 0.236. The molecule has 3 nitrogen and oxygen atoms in total. The highest BCUT2D eigenvalue weighted by molar-refractivity contribution is 5.79. The van der Waals surface area contributed by atoms with Gasteiger partial charge >= 0.3 is 0 Å². The maximum absolute atomic E-state index is 13.2. The van der Waals surface area contributed by atoms with Crippen molar-refractivity contribution in [1.82, 2.24) is 0 Å². The Morgan fingerprint density at radius 2 is 2.19 bits per heavy atom. The highest BCUT2D eigenvalue weighted by atomic mass is 19.1. The van der Waals surface area contributed by atoms with Gasteiger partial charge in [0.2, 0.25) is 0 Å². The van der Waals surface area contributed by atoms with Crippen molar-refractivity contribution in [2.24, 2.45) is 0 Å². The van der Waals surface area contributed by atoms with E-state index in [-0.39, 0.29) is 17.9 Å². The van der Waals surface area contributed by atoms with Crippen LogP contribution >= 0.6 is 0 Å². The molecule has 0 bridgehead atoms. The molecule has 82 valence electrons. The molecule has 1 aromatic heterocycles. The SMILES string of the molecule is O=Cc1c(F)cccc1OCc1ccco1. The number of hydrogen-bond acceptors (Lipinski definition) is 3. The van der Waals surface area contributed by atoms with Crippen molar-refractivity contribution in [1.29, 1.82) is 0 Å². The lowest BCUT2D eigenvalue weighted by molar-refractivity contribution is 0.111. The van der Waals surface area contributed by atoms with Crippen LogP contribution < -0.4 is 4.74 Å². The second-order valence-corrected chi connectivity index (χ2v) is 3.14. The summed E-state index contributed by atoms with van der Waals surface area (Å²) in [6.07, 6.45) is 1.96. The zero-order chi connectivity index (χ0) is 11.4. The molecule has 0 radical (unpaired) electrons. The lowest BCUT2D eigenvalue weighted by atomic mass is 10.2. The predicted octanol–water partition coefficient (Wildman–Crippen LogP) is 2.81. The van der Waals surface area contributed by atoms with E-state index in [1.165, 1.54) is 24.5 Å². The van der Waals surface area contributed by atoms with Gasteiger partial charge in [0.1, 0.15) is 23.9 Å². The fourth-order valence-corrected chi connectivity index (χ4v) is 1.30.